The Morgan fingerprint density at radius 2 is 2.03 bits per heavy atom. The van der Waals surface area contributed by atoms with Gasteiger partial charge in [-0.15, -0.1) is 0 Å². The third-order valence-corrected chi connectivity index (χ3v) is 6.55. The van der Waals surface area contributed by atoms with Crippen LogP contribution in [0.25, 0.3) is 0 Å². The molecule has 2 atom stereocenters. The van der Waals surface area contributed by atoms with Crippen LogP contribution in [-0.2, 0) is 29.1 Å². The number of pyridine rings is 1. The minimum absolute atomic E-state index is 0.0250. The number of aromatic nitrogens is 1. The van der Waals surface area contributed by atoms with Gasteiger partial charge in [-0.25, -0.2) is 0 Å². The largest absolute Gasteiger partial charge is 0.493 e. The van der Waals surface area contributed by atoms with E-state index >= 15 is 0 Å². The highest BCUT2D eigenvalue weighted by atomic mass is 16.5. The molecule has 4 bridgehead atoms. The van der Waals surface area contributed by atoms with Crippen molar-refractivity contribution in [2.75, 3.05) is 20.2 Å². The van der Waals surface area contributed by atoms with Gasteiger partial charge >= 0.3 is 0 Å². The van der Waals surface area contributed by atoms with Gasteiger partial charge in [0.1, 0.15) is 5.75 Å². The van der Waals surface area contributed by atoms with E-state index in [9.17, 15) is 4.79 Å². The van der Waals surface area contributed by atoms with E-state index < -0.39 is 0 Å². The number of methoxy groups -OCH3 is 1. The second-order valence-corrected chi connectivity index (χ2v) is 9.10. The fraction of sp³-hybridized carbons (Fsp3) is 0.357. The van der Waals surface area contributed by atoms with Gasteiger partial charge in [0.25, 0.3) is 0 Å². The van der Waals surface area contributed by atoms with E-state index in [2.05, 4.69) is 15.2 Å². The number of rotatable bonds is 3. The molecular formula is C28H31N3O4. The number of nitrogens with zero attached hydrogens (tertiary/aromatic N) is 2. The maximum atomic E-state index is 13.0. The van der Waals surface area contributed by atoms with Crippen molar-refractivity contribution in [1.82, 2.24) is 15.2 Å². The Balaban J connectivity index is 1.37. The van der Waals surface area contributed by atoms with Crippen molar-refractivity contribution in [2.24, 2.45) is 0 Å². The van der Waals surface area contributed by atoms with Crippen LogP contribution in [0, 0.1) is 0 Å². The third kappa shape index (κ3) is 5.99. The van der Waals surface area contributed by atoms with E-state index in [4.69, 9.17) is 14.2 Å². The lowest BCUT2D eigenvalue weighted by atomic mass is 10.0. The molecule has 7 nitrogen and oxygen atoms in total. The molecule has 182 valence electrons. The summed E-state index contributed by atoms with van der Waals surface area (Å²) in [5.41, 5.74) is 3.08. The molecule has 0 aliphatic carbocycles. The van der Waals surface area contributed by atoms with Crippen LogP contribution in [0.15, 0.2) is 66.9 Å². The topological polar surface area (TPSA) is 72.9 Å². The molecule has 7 heteroatoms. The number of carbonyl (C=O) groups is 1. The number of carbonyl (C=O) groups excluding carboxylic acids is 1. The summed E-state index contributed by atoms with van der Waals surface area (Å²) in [7, 11) is 1.63. The summed E-state index contributed by atoms with van der Waals surface area (Å²) in [6, 6.07) is 19.6. The van der Waals surface area contributed by atoms with Crippen molar-refractivity contribution in [3.05, 3.63) is 83.7 Å². The molecule has 0 spiro atoms. The standard InChI is InChI=1S/C28H31N3O4/c1-33-26-10-8-20-9-11-28(32)30-24-18-31(17-22-6-2-3-13-29-22)14-12-25(24)34-19-21-5-4-7-23(15-21)35-27(26)16-20/h2-8,10,13,15-16,24-25H,9,11-12,14,17-19H2,1H3,(H,30,32)/t24-,25+/m0/s1. The van der Waals surface area contributed by atoms with Gasteiger partial charge in [0, 0.05) is 32.3 Å². The van der Waals surface area contributed by atoms with E-state index in [1.165, 1.54) is 0 Å². The first kappa shape index (κ1) is 23.3. The number of nitrogens with one attached hydrogen (secondary N) is 1. The molecule has 2 aromatic carbocycles. The molecule has 1 amide bonds. The lowest BCUT2D eigenvalue weighted by Crippen LogP contribution is -2.55. The van der Waals surface area contributed by atoms with Gasteiger partial charge in [0.15, 0.2) is 11.5 Å². The fourth-order valence-corrected chi connectivity index (χ4v) is 4.72. The molecule has 1 aromatic heterocycles. The Labute approximate surface area is 206 Å². The van der Waals surface area contributed by atoms with Crippen LogP contribution in [0.2, 0.25) is 0 Å². The highest BCUT2D eigenvalue weighted by Crippen LogP contribution is 2.33. The van der Waals surface area contributed by atoms with Crippen molar-refractivity contribution in [2.45, 2.75) is 44.6 Å². The summed E-state index contributed by atoms with van der Waals surface area (Å²) < 4.78 is 18.0. The Kier molecular flexibility index (Phi) is 7.25. The zero-order valence-electron chi connectivity index (χ0n) is 20.0. The summed E-state index contributed by atoms with van der Waals surface area (Å²) in [6.45, 7) is 2.82. The summed E-state index contributed by atoms with van der Waals surface area (Å²) in [4.78, 5) is 19.8. The number of fused-ring (bicyclic) bond motifs is 5. The van der Waals surface area contributed by atoms with Gasteiger partial charge in [-0.1, -0.05) is 24.3 Å². The number of aryl methyl sites for hydroxylation is 1. The first-order valence-corrected chi connectivity index (χ1v) is 12.1. The SMILES string of the molecule is COc1ccc2cc1Oc1cccc(c1)CO[C@@H]1CCN(Cc3ccccn3)C[C@@H]1NC(=O)CC2. The molecule has 2 aliphatic rings. The van der Waals surface area contributed by atoms with Gasteiger partial charge in [-0.05, 0) is 60.4 Å². The number of piperidine rings is 1. The minimum atomic E-state index is -0.0871. The molecule has 1 fully saturated rings. The predicted octanol–water partition coefficient (Wildman–Crippen LogP) is 4.10. The Hall–Kier alpha value is -3.42. The fourth-order valence-electron chi connectivity index (χ4n) is 4.72. The molecule has 3 aromatic rings. The average molecular weight is 474 g/mol. The Bertz CT molecular complexity index is 1150. The summed E-state index contributed by atoms with van der Waals surface area (Å²) in [5.74, 6) is 2.05. The van der Waals surface area contributed by atoms with Crippen LogP contribution in [0.4, 0.5) is 0 Å². The van der Waals surface area contributed by atoms with E-state index in [0.29, 0.717) is 30.9 Å². The zero-order chi connectivity index (χ0) is 24.0. The summed E-state index contributed by atoms with van der Waals surface area (Å²) >= 11 is 0. The molecule has 2 aliphatic heterocycles. The number of benzene rings is 2. The van der Waals surface area contributed by atoms with Gasteiger partial charge in [-0.3, -0.25) is 14.7 Å². The molecule has 1 saturated heterocycles. The number of ether oxygens (including phenoxy) is 3. The van der Waals surface area contributed by atoms with Crippen molar-refractivity contribution in [3.8, 4) is 17.2 Å². The molecule has 1 N–H and O–H groups in total. The molecule has 3 heterocycles. The first-order chi connectivity index (χ1) is 17.2. The highest BCUT2D eigenvalue weighted by Gasteiger charge is 2.31. The summed E-state index contributed by atoms with van der Waals surface area (Å²) in [5, 5.41) is 3.26. The molecule has 0 unspecified atom stereocenters. The summed E-state index contributed by atoms with van der Waals surface area (Å²) in [6.07, 6.45) is 3.60. The van der Waals surface area contributed by atoms with Gasteiger partial charge in [0.05, 0.1) is 31.6 Å². The van der Waals surface area contributed by atoms with E-state index in [1.807, 2.05) is 66.9 Å². The van der Waals surface area contributed by atoms with Gasteiger partial charge < -0.3 is 19.5 Å². The van der Waals surface area contributed by atoms with Crippen LogP contribution in [-0.4, -0.2) is 48.1 Å². The number of likely N-dealkylation sites (tertiary alicyclic amines) is 1. The monoisotopic (exact) mass is 473 g/mol. The average Bonchev–Trinajstić information content (AvgIpc) is 2.88. The minimum Gasteiger partial charge on any atom is -0.493 e. The molecule has 0 saturated carbocycles. The number of hydrogen-bond acceptors (Lipinski definition) is 6. The van der Waals surface area contributed by atoms with Crippen LogP contribution in [0.1, 0.15) is 29.7 Å². The van der Waals surface area contributed by atoms with E-state index in [0.717, 1.165) is 48.6 Å². The number of hydrogen-bond donors (Lipinski definition) is 1. The van der Waals surface area contributed by atoms with Crippen LogP contribution in [0.5, 0.6) is 17.2 Å². The van der Waals surface area contributed by atoms with Crippen LogP contribution < -0.4 is 14.8 Å². The van der Waals surface area contributed by atoms with Gasteiger partial charge in [0.2, 0.25) is 5.91 Å². The van der Waals surface area contributed by atoms with Crippen LogP contribution in [0.3, 0.4) is 0 Å². The molecule has 35 heavy (non-hydrogen) atoms. The smallest absolute Gasteiger partial charge is 0.220 e. The van der Waals surface area contributed by atoms with Gasteiger partial charge in [-0.2, -0.15) is 0 Å². The molecular weight excluding hydrogens is 442 g/mol. The van der Waals surface area contributed by atoms with Crippen LogP contribution >= 0.6 is 0 Å². The molecule has 0 radical (unpaired) electrons. The maximum Gasteiger partial charge on any atom is 0.220 e. The highest BCUT2D eigenvalue weighted by molar-refractivity contribution is 5.76. The molecule has 5 rings (SSSR count). The second-order valence-electron chi connectivity index (χ2n) is 9.10. The Morgan fingerprint density at radius 3 is 2.89 bits per heavy atom. The maximum absolute atomic E-state index is 13.0. The quantitative estimate of drug-likeness (QED) is 0.617. The number of amides is 1. The van der Waals surface area contributed by atoms with Crippen molar-refractivity contribution in [3.63, 3.8) is 0 Å². The Morgan fingerprint density at radius 1 is 1.09 bits per heavy atom. The van der Waals surface area contributed by atoms with Crippen molar-refractivity contribution in [1.29, 1.82) is 0 Å². The lowest BCUT2D eigenvalue weighted by Gasteiger charge is -2.38. The normalized spacial score (nSPS) is 21.0. The van der Waals surface area contributed by atoms with E-state index in [1.54, 1.807) is 7.11 Å². The third-order valence-electron chi connectivity index (χ3n) is 6.55. The lowest BCUT2D eigenvalue weighted by molar-refractivity contribution is -0.124. The second kappa shape index (κ2) is 10.9. The van der Waals surface area contributed by atoms with Crippen molar-refractivity contribution < 1.29 is 19.0 Å². The zero-order valence-corrected chi connectivity index (χ0v) is 20.0. The van der Waals surface area contributed by atoms with Crippen molar-refractivity contribution >= 4 is 5.91 Å². The predicted molar refractivity (Wildman–Crippen MR) is 132 cm³/mol. The van der Waals surface area contributed by atoms with E-state index in [-0.39, 0.29) is 18.1 Å². The first-order valence-electron chi connectivity index (χ1n) is 12.1.